The largest absolute Gasteiger partial charge is 0.497 e. The molecule has 0 atom stereocenters. The Morgan fingerprint density at radius 1 is 1.19 bits per heavy atom. The van der Waals surface area contributed by atoms with E-state index in [2.05, 4.69) is 5.32 Å². The Balaban J connectivity index is 1.94. The number of benzene rings is 2. The lowest BCUT2D eigenvalue weighted by atomic mass is 10.2. The molecule has 0 radical (unpaired) electrons. The van der Waals surface area contributed by atoms with Crippen LogP contribution in [0.25, 0.3) is 6.08 Å². The molecule has 1 N–H and O–H groups in total. The van der Waals surface area contributed by atoms with Crippen molar-refractivity contribution in [1.82, 2.24) is 4.90 Å². The zero-order valence-electron chi connectivity index (χ0n) is 14.3. The van der Waals surface area contributed by atoms with Crippen LogP contribution >= 0.6 is 0 Å². The molecule has 0 aliphatic heterocycles. The zero-order chi connectivity index (χ0) is 19.1. The number of ether oxygens (including phenoxy) is 1. The molecule has 136 valence electrons. The molecule has 2 amide bonds. The molecular weight excluding hydrogens is 342 g/mol. The van der Waals surface area contributed by atoms with Gasteiger partial charge in [0, 0.05) is 19.2 Å². The molecule has 26 heavy (non-hydrogen) atoms. The highest BCUT2D eigenvalue weighted by Gasteiger charge is 2.13. The van der Waals surface area contributed by atoms with Crippen LogP contribution < -0.4 is 10.1 Å². The van der Waals surface area contributed by atoms with E-state index in [0.29, 0.717) is 5.75 Å². The van der Waals surface area contributed by atoms with Crippen LogP contribution in [0, 0.1) is 11.6 Å². The van der Waals surface area contributed by atoms with Crippen LogP contribution in [-0.2, 0) is 9.59 Å². The third-order valence-corrected chi connectivity index (χ3v) is 3.47. The van der Waals surface area contributed by atoms with Gasteiger partial charge in [-0.1, -0.05) is 12.1 Å². The molecule has 0 aromatic heterocycles. The molecule has 0 unspecified atom stereocenters. The van der Waals surface area contributed by atoms with Crippen molar-refractivity contribution in [2.75, 3.05) is 26.0 Å². The average Bonchev–Trinajstić information content (AvgIpc) is 2.62. The Bertz CT molecular complexity index is 837. The summed E-state index contributed by atoms with van der Waals surface area (Å²) in [6, 6.07) is 9.85. The van der Waals surface area contributed by atoms with Gasteiger partial charge in [-0.05, 0) is 35.9 Å². The van der Waals surface area contributed by atoms with Gasteiger partial charge in [0.05, 0.1) is 19.3 Å². The van der Waals surface area contributed by atoms with Crippen molar-refractivity contribution in [3.63, 3.8) is 0 Å². The maximum Gasteiger partial charge on any atom is 0.246 e. The van der Waals surface area contributed by atoms with Crippen LogP contribution in [0.2, 0.25) is 0 Å². The van der Waals surface area contributed by atoms with E-state index in [0.717, 1.165) is 28.7 Å². The molecule has 2 rings (SSSR count). The Kier molecular flexibility index (Phi) is 6.43. The van der Waals surface area contributed by atoms with Crippen molar-refractivity contribution in [1.29, 1.82) is 0 Å². The third-order valence-electron chi connectivity index (χ3n) is 3.47. The summed E-state index contributed by atoms with van der Waals surface area (Å²) in [5.74, 6) is -1.83. The van der Waals surface area contributed by atoms with E-state index in [9.17, 15) is 18.4 Å². The van der Waals surface area contributed by atoms with Crippen LogP contribution in [0.4, 0.5) is 14.5 Å². The maximum atomic E-state index is 13.5. The van der Waals surface area contributed by atoms with Crippen molar-refractivity contribution >= 4 is 23.6 Å². The molecular formula is C19H18F2N2O3. The molecule has 0 saturated heterocycles. The first-order valence-electron chi connectivity index (χ1n) is 7.71. The minimum Gasteiger partial charge on any atom is -0.497 e. The highest BCUT2D eigenvalue weighted by Crippen LogP contribution is 2.15. The molecule has 2 aromatic rings. The van der Waals surface area contributed by atoms with E-state index in [1.54, 1.807) is 37.5 Å². The standard InChI is InChI=1S/C19H18F2N2O3/c1-23(12-18(24)22-17-11-14(20)7-8-16(17)21)19(25)9-6-13-4-3-5-15(10-13)26-2/h3-11H,12H2,1-2H3,(H,22,24)/b9-6+. The normalized spacial score (nSPS) is 10.6. The molecule has 0 aliphatic carbocycles. The number of hydrogen-bond donors (Lipinski definition) is 1. The first-order valence-corrected chi connectivity index (χ1v) is 7.71. The number of carbonyl (C=O) groups excluding carboxylic acids is 2. The summed E-state index contributed by atoms with van der Waals surface area (Å²) < 4.78 is 31.7. The first-order chi connectivity index (χ1) is 12.4. The summed E-state index contributed by atoms with van der Waals surface area (Å²) >= 11 is 0. The number of likely N-dealkylation sites (N-methyl/N-ethyl adjacent to an activating group) is 1. The summed E-state index contributed by atoms with van der Waals surface area (Å²) in [6.45, 7) is -0.308. The Morgan fingerprint density at radius 3 is 2.69 bits per heavy atom. The first kappa shape index (κ1) is 19.1. The van der Waals surface area contributed by atoms with Crippen LogP contribution in [0.1, 0.15) is 5.56 Å². The summed E-state index contributed by atoms with van der Waals surface area (Å²) in [5, 5.41) is 2.24. The van der Waals surface area contributed by atoms with Gasteiger partial charge in [0.15, 0.2) is 0 Å². The number of rotatable bonds is 6. The second-order valence-corrected chi connectivity index (χ2v) is 5.48. The fourth-order valence-corrected chi connectivity index (χ4v) is 2.12. The quantitative estimate of drug-likeness (QED) is 0.806. The lowest BCUT2D eigenvalue weighted by Crippen LogP contribution is -2.34. The summed E-state index contributed by atoms with van der Waals surface area (Å²) in [7, 11) is 2.97. The molecule has 0 aliphatic rings. The summed E-state index contributed by atoms with van der Waals surface area (Å²) in [5.41, 5.74) is 0.486. The maximum absolute atomic E-state index is 13.5. The second kappa shape index (κ2) is 8.75. The van der Waals surface area contributed by atoms with Crippen LogP contribution in [-0.4, -0.2) is 37.4 Å². The fraction of sp³-hybridized carbons (Fsp3) is 0.158. The van der Waals surface area contributed by atoms with Crippen LogP contribution in [0.3, 0.4) is 0 Å². The van der Waals surface area contributed by atoms with Gasteiger partial charge in [0.2, 0.25) is 11.8 Å². The highest BCUT2D eigenvalue weighted by molar-refractivity contribution is 5.97. The fourth-order valence-electron chi connectivity index (χ4n) is 2.12. The molecule has 0 spiro atoms. The van der Waals surface area contributed by atoms with Gasteiger partial charge in [-0.25, -0.2) is 8.78 Å². The van der Waals surface area contributed by atoms with E-state index < -0.39 is 23.4 Å². The molecule has 2 aromatic carbocycles. The van der Waals surface area contributed by atoms with Crippen molar-refractivity contribution in [2.45, 2.75) is 0 Å². The van der Waals surface area contributed by atoms with E-state index in [1.165, 1.54) is 13.1 Å². The smallest absolute Gasteiger partial charge is 0.246 e. The molecule has 7 heteroatoms. The van der Waals surface area contributed by atoms with Crippen molar-refractivity contribution < 1.29 is 23.1 Å². The second-order valence-electron chi connectivity index (χ2n) is 5.48. The number of anilines is 1. The van der Waals surface area contributed by atoms with E-state index in [4.69, 9.17) is 4.74 Å². The lowest BCUT2D eigenvalue weighted by molar-refractivity contribution is -0.129. The topological polar surface area (TPSA) is 58.6 Å². The number of amides is 2. The zero-order valence-corrected chi connectivity index (χ0v) is 14.3. The van der Waals surface area contributed by atoms with Crippen molar-refractivity contribution in [3.8, 4) is 5.75 Å². The molecule has 0 bridgehead atoms. The van der Waals surface area contributed by atoms with Gasteiger partial charge in [0.1, 0.15) is 17.4 Å². The van der Waals surface area contributed by atoms with E-state index >= 15 is 0 Å². The van der Waals surface area contributed by atoms with Gasteiger partial charge in [-0.3, -0.25) is 9.59 Å². The van der Waals surface area contributed by atoms with E-state index in [1.807, 2.05) is 0 Å². The number of methoxy groups -OCH3 is 1. The Hall–Kier alpha value is -3.22. The Labute approximate surface area is 149 Å². The van der Waals surface area contributed by atoms with Gasteiger partial charge in [-0.2, -0.15) is 0 Å². The molecule has 0 saturated carbocycles. The minimum absolute atomic E-state index is 0.275. The summed E-state index contributed by atoms with van der Waals surface area (Å²) in [6.07, 6.45) is 2.90. The minimum atomic E-state index is -0.758. The number of hydrogen-bond acceptors (Lipinski definition) is 3. The van der Waals surface area contributed by atoms with Crippen molar-refractivity contribution in [3.05, 3.63) is 65.7 Å². The monoisotopic (exact) mass is 360 g/mol. The average molecular weight is 360 g/mol. The van der Waals surface area contributed by atoms with Gasteiger partial charge < -0.3 is 15.0 Å². The number of halogens is 2. The van der Waals surface area contributed by atoms with Crippen LogP contribution in [0.15, 0.2) is 48.5 Å². The highest BCUT2D eigenvalue weighted by atomic mass is 19.1. The number of nitrogens with zero attached hydrogens (tertiary/aromatic N) is 1. The molecule has 0 fully saturated rings. The van der Waals surface area contributed by atoms with Gasteiger partial charge in [-0.15, -0.1) is 0 Å². The van der Waals surface area contributed by atoms with Gasteiger partial charge >= 0.3 is 0 Å². The summed E-state index contributed by atoms with van der Waals surface area (Å²) in [4.78, 5) is 25.1. The van der Waals surface area contributed by atoms with Crippen LogP contribution in [0.5, 0.6) is 5.75 Å². The number of carbonyl (C=O) groups is 2. The molecule has 5 nitrogen and oxygen atoms in total. The SMILES string of the molecule is COc1cccc(/C=C/C(=O)N(C)CC(=O)Nc2cc(F)ccc2F)c1. The Morgan fingerprint density at radius 2 is 1.96 bits per heavy atom. The lowest BCUT2D eigenvalue weighted by Gasteiger charge is -2.15. The van der Waals surface area contributed by atoms with E-state index in [-0.39, 0.29) is 12.2 Å². The number of nitrogens with one attached hydrogen (secondary N) is 1. The molecule has 0 heterocycles. The predicted molar refractivity (Wildman–Crippen MR) is 94.7 cm³/mol. The predicted octanol–water partition coefficient (Wildman–Crippen LogP) is 3.08. The third kappa shape index (κ3) is 5.41. The van der Waals surface area contributed by atoms with Crippen molar-refractivity contribution in [2.24, 2.45) is 0 Å². The van der Waals surface area contributed by atoms with Gasteiger partial charge in [0.25, 0.3) is 0 Å².